The maximum Gasteiger partial charge on any atom is 0.164 e. The molecule has 0 aliphatic rings. The Balaban J connectivity index is 1.23. The Morgan fingerprint density at radius 1 is 0.490 bits per heavy atom. The molecule has 9 aromatic rings. The quantitative estimate of drug-likeness (QED) is 0.169. The number of pyridine rings is 3. The van der Waals surface area contributed by atoms with Crippen LogP contribution in [0.25, 0.3) is 83.8 Å². The molecule has 0 saturated carbocycles. The van der Waals surface area contributed by atoms with Crippen LogP contribution in [0.5, 0.6) is 0 Å². The Hall–Kier alpha value is -6.67. The molecule has 0 fully saturated rings. The van der Waals surface area contributed by atoms with E-state index < -0.39 is 0 Å². The fraction of sp³-hybridized carbons (Fsp3) is 0.0488. The average Bonchev–Trinajstić information content (AvgIpc) is 3.57. The Morgan fingerprint density at radius 2 is 1.06 bits per heavy atom. The second kappa shape index (κ2) is 11.8. The molecule has 5 heterocycles. The van der Waals surface area contributed by atoms with Crippen LogP contribution in [-0.4, -0.2) is 39.5 Å². The van der Waals surface area contributed by atoms with Crippen molar-refractivity contribution in [2.24, 2.45) is 0 Å². The van der Waals surface area contributed by atoms with Crippen LogP contribution in [0.4, 0.5) is 0 Å². The van der Waals surface area contributed by atoms with Crippen LogP contribution >= 0.6 is 0 Å². The normalized spacial score (nSPS) is 11.4. The first kappa shape index (κ1) is 28.5. The number of aromatic nitrogens is 8. The molecule has 5 aromatic heterocycles. The van der Waals surface area contributed by atoms with Crippen LogP contribution in [0.1, 0.15) is 12.7 Å². The zero-order valence-corrected chi connectivity index (χ0v) is 26.6. The summed E-state index contributed by atoms with van der Waals surface area (Å²) >= 11 is 0. The molecule has 0 N–H and O–H groups in total. The Morgan fingerprint density at radius 3 is 1.69 bits per heavy atom. The largest absolute Gasteiger partial charge is 0.296 e. The first-order valence-corrected chi connectivity index (χ1v) is 16.2. The minimum Gasteiger partial charge on any atom is -0.296 e. The van der Waals surface area contributed by atoms with E-state index in [0.717, 1.165) is 78.6 Å². The van der Waals surface area contributed by atoms with Crippen molar-refractivity contribution in [2.75, 3.05) is 0 Å². The third kappa shape index (κ3) is 4.98. The molecule has 0 spiro atoms. The third-order valence-corrected chi connectivity index (χ3v) is 8.82. The standard InChI is InChI=1S/C41H28N8/c1-2-35-45-38-34(49(35)30-8-4-3-5-9-30)17-16-32-31-10-6-7-11-33(31)44-37(36(32)38)26-12-14-27(15-13-26)39-46-40(28-18-22-42-23-19-28)48-41(47-39)29-20-24-43-25-21-29/h3-25H,2H2,1H3. The van der Waals surface area contributed by atoms with E-state index in [1.807, 2.05) is 36.4 Å². The molecule has 0 aliphatic heterocycles. The molecule has 9 rings (SSSR count). The molecular formula is C41H28N8. The van der Waals surface area contributed by atoms with Gasteiger partial charge in [0.2, 0.25) is 0 Å². The van der Waals surface area contributed by atoms with Crippen LogP contribution in [0.15, 0.2) is 140 Å². The second-order valence-corrected chi connectivity index (χ2v) is 11.7. The highest BCUT2D eigenvalue weighted by atomic mass is 15.1. The molecular weight excluding hydrogens is 605 g/mol. The van der Waals surface area contributed by atoms with Gasteiger partial charge in [-0.25, -0.2) is 24.9 Å². The van der Waals surface area contributed by atoms with Gasteiger partial charge in [-0.2, -0.15) is 0 Å². The van der Waals surface area contributed by atoms with Crippen LogP contribution in [-0.2, 0) is 6.42 Å². The van der Waals surface area contributed by atoms with Crippen molar-refractivity contribution in [2.45, 2.75) is 13.3 Å². The predicted octanol–water partition coefficient (Wildman–Crippen LogP) is 8.93. The van der Waals surface area contributed by atoms with Crippen LogP contribution in [0.2, 0.25) is 0 Å². The highest BCUT2D eigenvalue weighted by molar-refractivity contribution is 6.19. The highest BCUT2D eigenvalue weighted by Gasteiger charge is 2.20. The first-order valence-electron chi connectivity index (χ1n) is 16.2. The van der Waals surface area contributed by atoms with E-state index >= 15 is 0 Å². The van der Waals surface area contributed by atoms with Crippen LogP contribution in [0, 0.1) is 0 Å². The number of fused-ring (bicyclic) bond motifs is 5. The summed E-state index contributed by atoms with van der Waals surface area (Å²) in [5.74, 6) is 2.74. The van der Waals surface area contributed by atoms with Gasteiger partial charge < -0.3 is 0 Å². The van der Waals surface area contributed by atoms with E-state index in [2.05, 4.69) is 100 Å². The predicted molar refractivity (Wildman–Crippen MR) is 194 cm³/mol. The lowest BCUT2D eigenvalue weighted by atomic mass is 9.98. The molecule has 0 unspecified atom stereocenters. The van der Waals surface area contributed by atoms with Crippen LogP contribution in [0.3, 0.4) is 0 Å². The summed E-state index contributed by atoms with van der Waals surface area (Å²) in [7, 11) is 0. The molecule has 0 radical (unpaired) electrons. The fourth-order valence-corrected chi connectivity index (χ4v) is 6.48. The third-order valence-electron chi connectivity index (χ3n) is 8.82. The maximum absolute atomic E-state index is 5.27. The van der Waals surface area contributed by atoms with E-state index in [9.17, 15) is 0 Å². The minimum absolute atomic E-state index is 0.577. The van der Waals surface area contributed by atoms with E-state index in [0.29, 0.717) is 17.5 Å². The molecule has 0 saturated heterocycles. The SMILES string of the molecule is CCc1nc2c3c(-c4ccc(-c5nc(-c6ccncc6)nc(-c6ccncc6)n5)cc4)nc4ccccc4c3ccc2n1-c1ccccc1. The molecule has 8 heteroatoms. The van der Waals surface area contributed by atoms with E-state index in [1.54, 1.807) is 24.8 Å². The molecule has 8 nitrogen and oxygen atoms in total. The molecule has 0 amide bonds. The van der Waals surface area contributed by atoms with Gasteiger partial charge >= 0.3 is 0 Å². The second-order valence-electron chi connectivity index (χ2n) is 11.7. The number of para-hydroxylation sites is 2. The van der Waals surface area contributed by atoms with Crippen molar-refractivity contribution >= 4 is 32.7 Å². The maximum atomic E-state index is 5.27. The Bertz CT molecular complexity index is 2560. The lowest BCUT2D eigenvalue weighted by molar-refractivity contribution is 0.908. The van der Waals surface area contributed by atoms with Gasteiger partial charge in [-0.05, 0) is 53.9 Å². The van der Waals surface area contributed by atoms with Gasteiger partial charge in [0.15, 0.2) is 17.5 Å². The van der Waals surface area contributed by atoms with Crippen LogP contribution < -0.4 is 0 Å². The number of hydrogen-bond donors (Lipinski definition) is 0. The van der Waals surface area contributed by atoms with Gasteiger partial charge in [0, 0.05) is 69.9 Å². The summed E-state index contributed by atoms with van der Waals surface area (Å²) in [6.45, 7) is 2.15. The summed E-state index contributed by atoms with van der Waals surface area (Å²) in [5.41, 5.74) is 8.50. The van der Waals surface area contributed by atoms with Crippen molar-refractivity contribution in [3.63, 3.8) is 0 Å². The summed E-state index contributed by atoms with van der Waals surface area (Å²) in [6, 6.07) is 39.1. The van der Waals surface area contributed by atoms with Crippen molar-refractivity contribution in [3.05, 3.63) is 146 Å². The number of imidazole rings is 1. The smallest absolute Gasteiger partial charge is 0.164 e. The Labute approximate surface area is 281 Å². The lowest BCUT2D eigenvalue weighted by Gasteiger charge is -2.12. The topological polar surface area (TPSA) is 95.2 Å². The fourth-order valence-electron chi connectivity index (χ4n) is 6.48. The summed E-state index contributed by atoms with van der Waals surface area (Å²) in [4.78, 5) is 33.4. The van der Waals surface area contributed by atoms with Gasteiger partial charge in [-0.1, -0.05) is 73.7 Å². The number of rotatable bonds is 6. The van der Waals surface area contributed by atoms with E-state index in [1.165, 1.54) is 0 Å². The number of nitrogens with zero attached hydrogens (tertiary/aromatic N) is 8. The summed E-state index contributed by atoms with van der Waals surface area (Å²) in [6.07, 6.45) is 7.76. The van der Waals surface area contributed by atoms with E-state index in [-0.39, 0.29) is 0 Å². The lowest BCUT2D eigenvalue weighted by Crippen LogP contribution is -2.00. The molecule has 0 atom stereocenters. The minimum atomic E-state index is 0.577. The average molecular weight is 633 g/mol. The summed E-state index contributed by atoms with van der Waals surface area (Å²) < 4.78 is 2.26. The molecule has 232 valence electrons. The summed E-state index contributed by atoms with van der Waals surface area (Å²) in [5, 5.41) is 3.26. The number of hydrogen-bond acceptors (Lipinski definition) is 7. The van der Waals surface area contributed by atoms with Gasteiger partial charge in [-0.15, -0.1) is 0 Å². The monoisotopic (exact) mass is 632 g/mol. The van der Waals surface area contributed by atoms with Gasteiger partial charge in [0.1, 0.15) is 5.82 Å². The van der Waals surface area contributed by atoms with Crippen molar-refractivity contribution in [3.8, 4) is 51.1 Å². The van der Waals surface area contributed by atoms with Crippen molar-refractivity contribution in [1.82, 2.24) is 39.5 Å². The Kier molecular flexibility index (Phi) is 6.90. The molecule has 49 heavy (non-hydrogen) atoms. The number of benzene rings is 4. The zero-order valence-electron chi connectivity index (χ0n) is 26.6. The van der Waals surface area contributed by atoms with Gasteiger partial charge in [-0.3, -0.25) is 14.5 Å². The molecule has 0 bridgehead atoms. The molecule has 4 aromatic carbocycles. The number of aryl methyl sites for hydroxylation is 1. The zero-order chi connectivity index (χ0) is 32.7. The first-order chi connectivity index (χ1) is 24.2. The van der Waals surface area contributed by atoms with Gasteiger partial charge in [0.25, 0.3) is 0 Å². The highest BCUT2D eigenvalue weighted by Crippen LogP contribution is 2.38. The van der Waals surface area contributed by atoms with E-state index in [4.69, 9.17) is 24.9 Å². The molecule has 0 aliphatic carbocycles. The van der Waals surface area contributed by atoms with Crippen molar-refractivity contribution in [1.29, 1.82) is 0 Å². The van der Waals surface area contributed by atoms with Gasteiger partial charge in [0.05, 0.1) is 22.2 Å². The van der Waals surface area contributed by atoms with Crippen molar-refractivity contribution < 1.29 is 0 Å².